The molecule has 32 heavy (non-hydrogen) atoms. The maximum Gasteiger partial charge on any atom is 0.235 e. The molecule has 5 heteroatoms. The van der Waals surface area contributed by atoms with Crippen molar-refractivity contribution in [3.63, 3.8) is 0 Å². The zero-order valence-electron chi connectivity index (χ0n) is 19.1. The van der Waals surface area contributed by atoms with E-state index < -0.39 is 5.41 Å². The molecule has 1 saturated heterocycles. The van der Waals surface area contributed by atoms with Crippen LogP contribution in [0.25, 0.3) is 0 Å². The number of ether oxygens (including phenoxy) is 1. The van der Waals surface area contributed by atoms with Crippen LogP contribution >= 0.6 is 0 Å². The minimum absolute atomic E-state index is 0.116. The summed E-state index contributed by atoms with van der Waals surface area (Å²) in [5.74, 6) is 0.389. The Hall–Kier alpha value is -2.40. The van der Waals surface area contributed by atoms with Crippen molar-refractivity contribution in [3.05, 3.63) is 59.9 Å². The Balaban J connectivity index is 1.37. The minimum Gasteiger partial charge on any atom is -0.492 e. The van der Waals surface area contributed by atoms with E-state index >= 15 is 0 Å². The number of piperidine rings is 1. The summed E-state index contributed by atoms with van der Waals surface area (Å²) in [6.07, 6.45) is 8.17. The quantitative estimate of drug-likeness (QED) is 0.583. The number of rotatable bonds is 7. The van der Waals surface area contributed by atoms with Crippen molar-refractivity contribution in [3.8, 4) is 5.75 Å². The molecule has 4 nitrogen and oxygen atoms in total. The molecule has 0 aromatic heterocycles. The van der Waals surface area contributed by atoms with Crippen LogP contribution in [0.5, 0.6) is 5.75 Å². The lowest BCUT2D eigenvalue weighted by atomic mass is 9.68. The molecule has 1 saturated carbocycles. The predicted octanol–water partition coefficient (Wildman–Crippen LogP) is 5.92. The van der Waals surface area contributed by atoms with Gasteiger partial charge in [-0.25, -0.2) is 4.39 Å². The second-order valence-electron chi connectivity index (χ2n) is 9.33. The number of carbonyl (C=O) groups is 1. The van der Waals surface area contributed by atoms with E-state index in [0.717, 1.165) is 38.1 Å². The molecule has 1 aliphatic heterocycles. The van der Waals surface area contributed by atoms with Crippen LogP contribution in [-0.4, -0.2) is 36.5 Å². The van der Waals surface area contributed by atoms with Gasteiger partial charge in [0.25, 0.3) is 0 Å². The van der Waals surface area contributed by atoms with Crippen LogP contribution in [0.3, 0.4) is 0 Å². The van der Waals surface area contributed by atoms with E-state index in [2.05, 4.69) is 17.1 Å². The smallest absolute Gasteiger partial charge is 0.235 e. The summed E-state index contributed by atoms with van der Waals surface area (Å²) in [5.41, 5.74) is 0.432. The van der Waals surface area contributed by atoms with Crippen LogP contribution in [0.4, 0.5) is 10.1 Å². The second kappa shape index (κ2) is 10.5. The van der Waals surface area contributed by atoms with Crippen molar-refractivity contribution in [2.75, 3.05) is 25.0 Å². The Labute approximate surface area is 191 Å². The Morgan fingerprint density at radius 1 is 1.06 bits per heavy atom. The number of benzene rings is 2. The van der Waals surface area contributed by atoms with Gasteiger partial charge in [0, 0.05) is 23.8 Å². The normalized spacial score (nSPS) is 21.1. The third-order valence-electron chi connectivity index (χ3n) is 7.23. The van der Waals surface area contributed by atoms with Gasteiger partial charge in [-0.3, -0.25) is 9.69 Å². The maximum atomic E-state index is 14.6. The topological polar surface area (TPSA) is 41.6 Å². The van der Waals surface area contributed by atoms with Gasteiger partial charge in [-0.05, 0) is 69.5 Å². The highest BCUT2D eigenvalue weighted by molar-refractivity contribution is 5.99. The second-order valence-corrected chi connectivity index (χ2v) is 9.33. The first kappa shape index (κ1) is 22.8. The van der Waals surface area contributed by atoms with Crippen LogP contribution in [0.2, 0.25) is 0 Å². The number of hydrogen-bond acceptors (Lipinski definition) is 3. The van der Waals surface area contributed by atoms with Gasteiger partial charge in [0.05, 0.1) is 5.41 Å². The molecule has 0 bridgehead atoms. The standard InChI is InChI=1S/C27H35FN2O2/c1-21-9-5-8-18-30(21)19-20-32-23-14-12-22(13-15-23)29-26(31)27(16-6-2-7-17-27)24-10-3-4-11-25(24)28/h3-4,10-15,21H,2,5-9,16-20H2,1H3,(H,29,31)/t21-/m0/s1. The van der Waals surface area contributed by atoms with Gasteiger partial charge < -0.3 is 10.1 Å². The van der Waals surface area contributed by atoms with Crippen LogP contribution in [-0.2, 0) is 10.2 Å². The molecule has 2 aromatic rings. The zero-order valence-corrected chi connectivity index (χ0v) is 19.1. The number of hydrogen-bond donors (Lipinski definition) is 1. The number of nitrogens with zero attached hydrogens (tertiary/aromatic N) is 1. The highest BCUT2D eigenvalue weighted by atomic mass is 19.1. The SMILES string of the molecule is C[C@H]1CCCCN1CCOc1ccc(NC(=O)C2(c3ccccc3F)CCCCC2)cc1. The van der Waals surface area contributed by atoms with Crippen molar-refractivity contribution >= 4 is 11.6 Å². The Morgan fingerprint density at radius 2 is 1.81 bits per heavy atom. The molecule has 1 heterocycles. The van der Waals surface area contributed by atoms with Gasteiger partial charge in [0.2, 0.25) is 5.91 Å². The van der Waals surface area contributed by atoms with Gasteiger partial charge >= 0.3 is 0 Å². The van der Waals surface area contributed by atoms with Crippen LogP contribution < -0.4 is 10.1 Å². The molecule has 1 amide bonds. The van der Waals surface area contributed by atoms with Gasteiger partial charge in [-0.2, -0.15) is 0 Å². The monoisotopic (exact) mass is 438 g/mol. The highest BCUT2D eigenvalue weighted by Crippen LogP contribution is 2.41. The zero-order chi connectivity index (χ0) is 22.4. The molecule has 2 aromatic carbocycles. The van der Waals surface area contributed by atoms with E-state index in [9.17, 15) is 9.18 Å². The summed E-state index contributed by atoms with van der Waals surface area (Å²) in [7, 11) is 0. The number of likely N-dealkylation sites (tertiary alicyclic amines) is 1. The Bertz CT molecular complexity index is 893. The van der Waals surface area contributed by atoms with E-state index in [0.29, 0.717) is 36.7 Å². The molecular formula is C27H35FN2O2. The summed E-state index contributed by atoms with van der Waals surface area (Å²) in [4.78, 5) is 15.9. The fourth-order valence-corrected chi connectivity index (χ4v) is 5.28. The fourth-order valence-electron chi connectivity index (χ4n) is 5.28. The number of carbonyl (C=O) groups excluding carboxylic acids is 1. The largest absolute Gasteiger partial charge is 0.492 e. The summed E-state index contributed by atoms with van der Waals surface area (Å²) < 4.78 is 20.6. The average Bonchev–Trinajstić information content (AvgIpc) is 2.82. The number of anilines is 1. The summed E-state index contributed by atoms with van der Waals surface area (Å²) >= 11 is 0. The first-order chi connectivity index (χ1) is 15.6. The van der Waals surface area contributed by atoms with E-state index in [-0.39, 0.29) is 11.7 Å². The van der Waals surface area contributed by atoms with Gasteiger partial charge in [-0.15, -0.1) is 0 Å². The fraction of sp³-hybridized carbons (Fsp3) is 0.519. The molecule has 0 spiro atoms. The number of nitrogens with one attached hydrogen (secondary N) is 1. The van der Waals surface area contributed by atoms with E-state index in [1.54, 1.807) is 12.1 Å². The predicted molar refractivity (Wildman–Crippen MR) is 127 cm³/mol. The molecular weight excluding hydrogens is 403 g/mol. The van der Waals surface area contributed by atoms with Gasteiger partial charge in [0.15, 0.2) is 0 Å². The molecule has 4 rings (SSSR count). The number of amides is 1. The molecule has 0 radical (unpaired) electrons. The molecule has 2 aliphatic rings. The van der Waals surface area contributed by atoms with E-state index in [1.165, 1.54) is 25.3 Å². The van der Waals surface area contributed by atoms with Crippen LogP contribution in [0, 0.1) is 5.82 Å². The average molecular weight is 439 g/mol. The minimum atomic E-state index is -0.802. The summed E-state index contributed by atoms with van der Waals surface area (Å²) in [5, 5.41) is 3.05. The number of halogens is 1. The third-order valence-corrected chi connectivity index (χ3v) is 7.23. The van der Waals surface area contributed by atoms with Crippen molar-refractivity contribution in [1.82, 2.24) is 4.90 Å². The van der Waals surface area contributed by atoms with Gasteiger partial charge in [-0.1, -0.05) is 43.9 Å². The Kier molecular flexibility index (Phi) is 7.46. The first-order valence-corrected chi connectivity index (χ1v) is 12.1. The van der Waals surface area contributed by atoms with E-state index in [1.807, 2.05) is 30.3 Å². The lowest BCUT2D eigenvalue weighted by Gasteiger charge is -2.36. The van der Waals surface area contributed by atoms with Crippen molar-refractivity contribution in [2.45, 2.75) is 69.7 Å². The highest BCUT2D eigenvalue weighted by Gasteiger charge is 2.42. The molecule has 172 valence electrons. The van der Waals surface area contributed by atoms with Gasteiger partial charge in [0.1, 0.15) is 18.2 Å². The van der Waals surface area contributed by atoms with Crippen LogP contribution in [0.1, 0.15) is 63.9 Å². The van der Waals surface area contributed by atoms with Crippen LogP contribution in [0.15, 0.2) is 48.5 Å². The molecule has 1 N–H and O–H groups in total. The van der Waals surface area contributed by atoms with E-state index in [4.69, 9.17) is 4.74 Å². The molecule has 1 aliphatic carbocycles. The van der Waals surface area contributed by atoms with Crippen molar-refractivity contribution in [2.24, 2.45) is 0 Å². The molecule has 2 fully saturated rings. The van der Waals surface area contributed by atoms with Crippen molar-refractivity contribution < 1.29 is 13.9 Å². The molecule has 0 unspecified atom stereocenters. The lowest BCUT2D eigenvalue weighted by Crippen LogP contribution is -2.42. The van der Waals surface area contributed by atoms with Crippen molar-refractivity contribution in [1.29, 1.82) is 0 Å². The lowest BCUT2D eigenvalue weighted by molar-refractivity contribution is -0.122. The Morgan fingerprint density at radius 3 is 2.53 bits per heavy atom. The maximum absolute atomic E-state index is 14.6. The third kappa shape index (κ3) is 5.15. The summed E-state index contributed by atoms with van der Waals surface area (Å²) in [6, 6.07) is 14.9. The first-order valence-electron chi connectivity index (χ1n) is 12.1. The summed E-state index contributed by atoms with van der Waals surface area (Å²) in [6.45, 7) is 5.04. The molecule has 1 atom stereocenters.